The second kappa shape index (κ2) is 15.9. The van der Waals surface area contributed by atoms with Gasteiger partial charge in [-0.3, -0.25) is 4.79 Å². The number of unbranched alkanes of at least 4 members (excludes halogenated alkanes) is 11. The van der Waals surface area contributed by atoms with Crippen LogP contribution in [0.3, 0.4) is 0 Å². The molecule has 3 rings (SSSR count). The van der Waals surface area contributed by atoms with Gasteiger partial charge in [0, 0.05) is 18.1 Å². The normalized spacial score (nSPS) is 11.1. The molecule has 2 aromatic carbocycles. The summed E-state index contributed by atoms with van der Waals surface area (Å²) in [7, 11) is 0. The van der Waals surface area contributed by atoms with Gasteiger partial charge in [0.25, 0.3) is 0 Å². The van der Waals surface area contributed by atoms with Gasteiger partial charge in [0.2, 0.25) is 5.91 Å². The van der Waals surface area contributed by atoms with Crippen molar-refractivity contribution in [2.75, 3.05) is 6.61 Å². The number of carbonyl (C=O) groups is 1. The predicted molar refractivity (Wildman–Crippen MR) is 153 cm³/mol. The number of amides is 1. The molecule has 2 N–H and O–H groups in total. The van der Waals surface area contributed by atoms with E-state index in [-0.39, 0.29) is 12.3 Å². The summed E-state index contributed by atoms with van der Waals surface area (Å²) in [6.07, 6.45) is 19.9. The monoisotopic (exact) mass is 503 g/mol. The molecule has 1 amide bonds. The SMILES string of the molecule is CCCCCCCCCCCCCCOc1ccc(CC(N)=O)c(-c2cccc(-n3ccnc3C)c2)c1. The molecule has 0 fully saturated rings. The van der Waals surface area contributed by atoms with Gasteiger partial charge in [0.1, 0.15) is 11.6 Å². The molecular weight excluding hydrogens is 458 g/mol. The molecular formula is C32H45N3O2. The Morgan fingerprint density at radius 3 is 2.19 bits per heavy atom. The van der Waals surface area contributed by atoms with Crippen molar-refractivity contribution in [3.63, 3.8) is 0 Å². The zero-order chi connectivity index (χ0) is 26.3. The lowest BCUT2D eigenvalue weighted by Crippen LogP contribution is -2.14. The van der Waals surface area contributed by atoms with Crippen molar-refractivity contribution in [3.05, 3.63) is 66.2 Å². The number of rotatable bonds is 18. The van der Waals surface area contributed by atoms with E-state index in [2.05, 4.69) is 30.1 Å². The molecule has 3 aromatic rings. The topological polar surface area (TPSA) is 70.1 Å². The van der Waals surface area contributed by atoms with E-state index in [0.29, 0.717) is 6.61 Å². The van der Waals surface area contributed by atoms with Crippen molar-refractivity contribution in [3.8, 4) is 22.6 Å². The summed E-state index contributed by atoms with van der Waals surface area (Å²) in [6.45, 7) is 4.96. The number of aryl methyl sites for hydroxylation is 1. The fraction of sp³-hybridized carbons (Fsp3) is 0.500. The van der Waals surface area contributed by atoms with E-state index in [9.17, 15) is 4.79 Å². The van der Waals surface area contributed by atoms with Crippen LogP contribution in [0.2, 0.25) is 0 Å². The highest BCUT2D eigenvalue weighted by Gasteiger charge is 2.11. The molecule has 0 radical (unpaired) electrons. The van der Waals surface area contributed by atoms with Crippen LogP contribution in [0.25, 0.3) is 16.8 Å². The lowest BCUT2D eigenvalue weighted by atomic mass is 9.96. The molecule has 0 bridgehead atoms. The fourth-order valence-corrected chi connectivity index (χ4v) is 4.86. The second-order valence-electron chi connectivity index (χ2n) is 10.1. The molecule has 0 saturated carbocycles. The maximum absolute atomic E-state index is 11.7. The number of carbonyl (C=O) groups excluding carboxylic acids is 1. The van der Waals surface area contributed by atoms with Crippen molar-refractivity contribution < 1.29 is 9.53 Å². The molecule has 0 spiro atoms. The molecule has 0 atom stereocenters. The molecule has 0 aliphatic heterocycles. The summed E-state index contributed by atoms with van der Waals surface area (Å²) >= 11 is 0. The van der Waals surface area contributed by atoms with Gasteiger partial charge < -0.3 is 15.0 Å². The molecule has 5 nitrogen and oxygen atoms in total. The highest BCUT2D eigenvalue weighted by molar-refractivity contribution is 5.81. The zero-order valence-electron chi connectivity index (χ0n) is 22.9. The summed E-state index contributed by atoms with van der Waals surface area (Å²) in [6, 6.07) is 14.2. The number of benzene rings is 2. The minimum atomic E-state index is -0.340. The van der Waals surface area contributed by atoms with E-state index < -0.39 is 0 Å². The Bertz CT molecular complexity index is 1090. The standard InChI is InChI=1S/C32H45N3O2/c1-3-4-5-6-7-8-9-10-11-12-13-14-22-37-30-19-18-28(24-32(33)36)31(25-30)27-16-15-17-29(23-27)35-21-20-34-26(35)2/h15-21,23,25H,3-14,22,24H2,1-2H3,(H2,33,36). The van der Waals surface area contributed by atoms with Crippen LogP contribution in [0.4, 0.5) is 0 Å². The molecule has 0 unspecified atom stereocenters. The van der Waals surface area contributed by atoms with Crippen LogP contribution in [0.15, 0.2) is 54.9 Å². The van der Waals surface area contributed by atoms with E-state index in [1.165, 1.54) is 70.6 Å². The average Bonchev–Trinajstić information content (AvgIpc) is 3.33. The first-order chi connectivity index (χ1) is 18.1. The molecule has 0 aliphatic carbocycles. The third-order valence-corrected chi connectivity index (χ3v) is 6.97. The number of nitrogens with zero attached hydrogens (tertiary/aromatic N) is 2. The summed E-state index contributed by atoms with van der Waals surface area (Å²) in [5.74, 6) is 1.41. The first-order valence-corrected chi connectivity index (χ1v) is 14.2. The third kappa shape index (κ3) is 9.71. The van der Waals surface area contributed by atoms with E-state index in [4.69, 9.17) is 10.5 Å². The van der Waals surface area contributed by atoms with Crippen molar-refractivity contribution in [1.29, 1.82) is 0 Å². The Balaban J connectivity index is 1.49. The van der Waals surface area contributed by atoms with E-state index >= 15 is 0 Å². The Hall–Kier alpha value is -3.08. The minimum Gasteiger partial charge on any atom is -0.494 e. The summed E-state index contributed by atoms with van der Waals surface area (Å²) in [4.78, 5) is 16.1. The number of hydrogen-bond donors (Lipinski definition) is 1. The summed E-state index contributed by atoms with van der Waals surface area (Å²) in [5, 5.41) is 0. The Morgan fingerprint density at radius 2 is 1.57 bits per heavy atom. The first kappa shape index (κ1) is 28.5. The molecule has 5 heteroatoms. The summed E-state index contributed by atoms with van der Waals surface area (Å²) < 4.78 is 8.16. The van der Waals surface area contributed by atoms with Crippen LogP contribution in [0.5, 0.6) is 5.75 Å². The minimum absolute atomic E-state index is 0.197. The van der Waals surface area contributed by atoms with Gasteiger partial charge in [-0.25, -0.2) is 4.98 Å². The van der Waals surface area contributed by atoms with Gasteiger partial charge in [0.05, 0.1) is 13.0 Å². The highest BCUT2D eigenvalue weighted by Crippen LogP contribution is 2.30. The van der Waals surface area contributed by atoms with Crippen molar-refractivity contribution in [2.24, 2.45) is 5.73 Å². The largest absolute Gasteiger partial charge is 0.494 e. The van der Waals surface area contributed by atoms with Gasteiger partial charge in [-0.2, -0.15) is 0 Å². The van der Waals surface area contributed by atoms with Crippen molar-refractivity contribution in [2.45, 2.75) is 97.3 Å². The summed E-state index contributed by atoms with van der Waals surface area (Å²) in [5.41, 5.74) is 9.48. The number of ether oxygens (including phenoxy) is 1. The average molecular weight is 504 g/mol. The molecule has 200 valence electrons. The van der Waals surface area contributed by atoms with E-state index in [1.54, 1.807) is 6.20 Å². The molecule has 1 heterocycles. The van der Waals surface area contributed by atoms with Gasteiger partial charge >= 0.3 is 0 Å². The quantitative estimate of drug-likeness (QED) is 0.179. The maximum atomic E-state index is 11.7. The number of imidazole rings is 1. The van der Waals surface area contributed by atoms with E-state index in [1.807, 2.05) is 42.0 Å². The van der Waals surface area contributed by atoms with Crippen molar-refractivity contribution >= 4 is 5.91 Å². The number of aromatic nitrogens is 2. The number of nitrogens with two attached hydrogens (primary N) is 1. The number of hydrogen-bond acceptors (Lipinski definition) is 3. The molecule has 0 saturated heterocycles. The van der Waals surface area contributed by atoms with Gasteiger partial charge in [-0.1, -0.05) is 95.8 Å². The van der Waals surface area contributed by atoms with Crippen LogP contribution >= 0.6 is 0 Å². The lowest BCUT2D eigenvalue weighted by molar-refractivity contribution is -0.117. The van der Waals surface area contributed by atoms with Crippen molar-refractivity contribution in [1.82, 2.24) is 9.55 Å². The Morgan fingerprint density at radius 1 is 0.892 bits per heavy atom. The zero-order valence-corrected chi connectivity index (χ0v) is 22.9. The first-order valence-electron chi connectivity index (χ1n) is 14.2. The van der Waals surface area contributed by atoms with E-state index in [0.717, 1.165) is 40.4 Å². The Kier molecular flexibility index (Phi) is 12.2. The Labute approximate surface area is 223 Å². The molecule has 1 aromatic heterocycles. The fourth-order valence-electron chi connectivity index (χ4n) is 4.86. The third-order valence-electron chi connectivity index (χ3n) is 6.97. The highest BCUT2D eigenvalue weighted by atomic mass is 16.5. The lowest BCUT2D eigenvalue weighted by Gasteiger charge is -2.14. The van der Waals surface area contributed by atoms with Gasteiger partial charge in [-0.05, 0) is 54.3 Å². The number of primary amides is 1. The van der Waals surface area contributed by atoms with Gasteiger partial charge in [-0.15, -0.1) is 0 Å². The molecule has 0 aliphatic rings. The molecule has 37 heavy (non-hydrogen) atoms. The second-order valence-corrected chi connectivity index (χ2v) is 10.1. The van der Waals surface area contributed by atoms with Crippen LogP contribution < -0.4 is 10.5 Å². The maximum Gasteiger partial charge on any atom is 0.221 e. The smallest absolute Gasteiger partial charge is 0.221 e. The van der Waals surface area contributed by atoms with Crippen LogP contribution in [-0.2, 0) is 11.2 Å². The predicted octanol–water partition coefficient (Wildman–Crippen LogP) is 7.96. The van der Waals surface area contributed by atoms with Gasteiger partial charge in [0.15, 0.2) is 0 Å². The van der Waals surface area contributed by atoms with Crippen LogP contribution in [0.1, 0.15) is 95.4 Å². The van der Waals surface area contributed by atoms with Crippen LogP contribution in [0, 0.1) is 6.92 Å². The van der Waals surface area contributed by atoms with Crippen LogP contribution in [-0.4, -0.2) is 22.1 Å².